The van der Waals surface area contributed by atoms with E-state index in [1.54, 1.807) is 24.7 Å². The van der Waals surface area contributed by atoms with Crippen LogP contribution in [0.15, 0.2) is 0 Å². The molecule has 51 valence electrons. The van der Waals surface area contributed by atoms with Crippen LogP contribution in [0.2, 0.25) is 4.63 Å². The van der Waals surface area contributed by atoms with Crippen LogP contribution in [0.1, 0.15) is 13.3 Å². The van der Waals surface area contributed by atoms with E-state index in [1.807, 2.05) is 0 Å². The second-order valence-electron chi connectivity index (χ2n) is 1.27. The molecule has 0 saturated carbocycles. The van der Waals surface area contributed by atoms with Crippen molar-refractivity contribution in [2.45, 2.75) is 18.0 Å². The van der Waals surface area contributed by atoms with Crippen LogP contribution >= 0.6 is 0 Å². The number of carboxylic acid groups (broad SMARTS) is 1. The molecule has 0 rings (SSSR count). The Labute approximate surface area is 69.3 Å². The molecule has 4 heteroatoms. The average Bonchev–Trinajstić information content (AvgIpc) is 1.68. The summed E-state index contributed by atoms with van der Waals surface area (Å²) < 4.78 is 2.09. The first-order valence-electron chi connectivity index (χ1n) is 2.34. The Balaban J connectivity index is 0. The second kappa shape index (κ2) is 8.02. The number of carbonyl (C=O) groups is 2. The van der Waals surface area contributed by atoms with Crippen LogP contribution in [0, 0.1) is 0 Å². The molecule has 0 amide bonds. The van der Waals surface area contributed by atoms with Crippen LogP contribution in [0.4, 0.5) is 0 Å². The van der Waals surface area contributed by atoms with E-state index in [4.69, 9.17) is 5.11 Å². The van der Waals surface area contributed by atoms with E-state index in [2.05, 4.69) is 4.63 Å². The summed E-state index contributed by atoms with van der Waals surface area (Å²) >= 11 is 1.55. The number of aliphatic carboxylic acids is 1. The van der Waals surface area contributed by atoms with Gasteiger partial charge in [0.15, 0.2) is 0 Å². The molecule has 0 heterocycles. The zero-order valence-corrected chi connectivity index (χ0v) is 7.93. The van der Waals surface area contributed by atoms with Gasteiger partial charge in [-0.25, -0.2) is 0 Å². The fourth-order valence-corrected chi connectivity index (χ4v) is 0.213. The van der Waals surface area contributed by atoms with E-state index in [-0.39, 0.29) is 12.2 Å². The number of carbonyl (C=O) groups excluding carboxylic acids is 1. The van der Waals surface area contributed by atoms with Crippen LogP contribution in [-0.2, 0) is 34.3 Å². The zero-order chi connectivity index (χ0) is 7.86. The third-order valence-corrected chi connectivity index (χ3v) is 0.400. The topological polar surface area (TPSA) is 54.4 Å². The van der Waals surface area contributed by atoms with Gasteiger partial charge in [0.2, 0.25) is 0 Å². The van der Waals surface area contributed by atoms with E-state index < -0.39 is 5.97 Å². The predicted molar refractivity (Wildman–Crippen MR) is 28.8 cm³/mol. The van der Waals surface area contributed by atoms with Crippen LogP contribution in [-0.4, -0.2) is 16.9 Å². The number of ketones is 1. The number of Topliss-reactive ketones (excluding diaryl/α,β-unsaturated/α-hetero) is 1. The van der Waals surface area contributed by atoms with Gasteiger partial charge >= 0.3 is 35.3 Å². The van der Waals surface area contributed by atoms with E-state index in [1.165, 1.54) is 6.92 Å². The Morgan fingerprint density at radius 2 is 1.78 bits per heavy atom. The standard InChI is InChI=1S/C4H6O3.CH3.Zr/c1-3(5)2-4(6)7;;/h2H2,1H3,(H,6,7);1H3;. The minimum atomic E-state index is -1.06. The fraction of sp³-hybridized carbons (Fsp3) is 0.600. The Morgan fingerprint density at radius 3 is 1.78 bits per heavy atom. The maximum absolute atomic E-state index is 9.87. The summed E-state index contributed by atoms with van der Waals surface area (Å²) in [6.45, 7) is 1.24. The minimum absolute atomic E-state index is 0.312. The Hall–Kier alpha value is 0.0231. The molecule has 0 spiro atoms. The second-order valence-corrected chi connectivity index (χ2v) is 1.27. The average molecular weight is 208 g/mol. The molecule has 0 aromatic heterocycles. The summed E-state index contributed by atoms with van der Waals surface area (Å²) in [6.07, 6.45) is -0.361. The first-order valence-corrected chi connectivity index (χ1v) is 4.80. The summed E-state index contributed by atoms with van der Waals surface area (Å²) in [7, 11) is 0. The monoisotopic (exact) mass is 207 g/mol. The van der Waals surface area contributed by atoms with Gasteiger partial charge in [-0.3, -0.25) is 9.59 Å². The summed E-state index contributed by atoms with van der Waals surface area (Å²) in [5, 5.41) is 7.86. The van der Waals surface area contributed by atoms with E-state index in [9.17, 15) is 9.59 Å². The van der Waals surface area contributed by atoms with Crippen LogP contribution in [0.25, 0.3) is 0 Å². The van der Waals surface area contributed by atoms with Crippen molar-refractivity contribution in [1.29, 1.82) is 0 Å². The molecule has 0 aliphatic carbocycles. The quantitative estimate of drug-likeness (QED) is 0.677. The number of carboxylic acids is 1. The van der Waals surface area contributed by atoms with Crippen molar-refractivity contribution < 1.29 is 39.4 Å². The van der Waals surface area contributed by atoms with E-state index >= 15 is 0 Å². The van der Waals surface area contributed by atoms with Gasteiger partial charge in [0, 0.05) is 0 Å². The van der Waals surface area contributed by atoms with Gasteiger partial charge in [-0.2, -0.15) is 0 Å². The van der Waals surface area contributed by atoms with E-state index in [0.29, 0.717) is 0 Å². The molecule has 0 atom stereocenters. The molecule has 0 aromatic carbocycles. The van der Waals surface area contributed by atoms with Crippen molar-refractivity contribution in [2.75, 3.05) is 0 Å². The van der Waals surface area contributed by atoms with Crippen molar-refractivity contribution in [1.82, 2.24) is 0 Å². The molecular formula is C5H9O3Zr. The van der Waals surface area contributed by atoms with Crippen molar-refractivity contribution in [3.8, 4) is 0 Å². The number of hydrogen-bond acceptors (Lipinski definition) is 2. The predicted octanol–water partition coefficient (Wildman–Crippen LogP) is 0.631. The van der Waals surface area contributed by atoms with Gasteiger partial charge in [-0.05, 0) is 6.92 Å². The third-order valence-electron chi connectivity index (χ3n) is 0.400. The summed E-state index contributed by atoms with van der Waals surface area (Å²) in [6, 6.07) is 0. The van der Waals surface area contributed by atoms with Gasteiger partial charge in [0.1, 0.15) is 12.2 Å². The molecule has 0 fully saturated rings. The van der Waals surface area contributed by atoms with Gasteiger partial charge in [0.25, 0.3) is 0 Å². The Bertz CT molecular complexity index is 88.4. The molecule has 0 aliphatic heterocycles. The third kappa shape index (κ3) is 18.0. The van der Waals surface area contributed by atoms with Gasteiger partial charge in [-0.1, -0.05) is 0 Å². The van der Waals surface area contributed by atoms with Crippen molar-refractivity contribution in [3.05, 3.63) is 0 Å². The normalized spacial score (nSPS) is 6.78. The molecule has 0 aromatic rings. The first-order chi connectivity index (χ1) is 4.13. The van der Waals surface area contributed by atoms with E-state index in [0.717, 1.165) is 0 Å². The summed E-state index contributed by atoms with van der Waals surface area (Å²) in [5.41, 5.74) is 0. The Kier molecular flexibility index (Phi) is 10.5. The fourth-order valence-electron chi connectivity index (χ4n) is 0.213. The molecule has 3 nitrogen and oxygen atoms in total. The van der Waals surface area contributed by atoms with Crippen molar-refractivity contribution in [2.24, 2.45) is 0 Å². The number of rotatable bonds is 2. The molecular weight excluding hydrogens is 199 g/mol. The van der Waals surface area contributed by atoms with Crippen molar-refractivity contribution >= 4 is 11.8 Å². The Morgan fingerprint density at radius 1 is 1.44 bits per heavy atom. The molecule has 0 saturated heterocycles. The molecule has 0 aliphatic rings. The summed E-state index contributed by atoms with van der Waals surface area (Å²) in [5.74, 6) is -1.37. The van der Waals surface area contributed by atoms with Gasteiger partial charge < -0.3 is 5.11 Å². The molecule has 9 heavy (non-hydrogen) atoms. The molecule has 0 bridgehead atoms. The maximum atomic E-state index is 9.87. The van der Waals surface area contributed by atoms with Crippen LogP contribution in [0.5, 0.6) is 0 Å². The number of hydrogen-bond donors (Lipinski definition) is 1. The van der Waals surface area contributed by atoms with Gasteiger partial charge in [0.05, 0.1) is 0 Å². The van der Waals surface area contributed by atoms with Crippen LogP contribution in [0.3, 0.4) is 0 Å². The van der Waals surface area contributed by atoms with Gasteiger partial charge in [-0.15, -0.1) is 0 Å². The van der Waals surface area contributed by atoms with Crippen molar-refractivity contribution in [3.63, 3.8) is 0 Å². The zero-order valence-electron chi connectivity index (χ0n) is 5.47. The molecule has 0 unspecified atom stereocenters. The summed E-state index contributed by atoms with van der Waals surface area (Å²) in [4.78, 5) is 19.5. The first kappa shape index (κ1) is 11.8. The molecule has 1 N–H and O–H groups in total. The van der Waals surface area contributed by atoms with Crippen LogP contribution < -0.4 is 0 Å². The SMILES string of the molecule is CC(=O)CC(=O)O.[CH3][Zr]. The molecule has 0 radical (unpaired) electrons.